The van der Waals surface area contributed by atoms with Crippen LogP contribution >= 0.6 is 0 Å². The van der Waals surface area contributed by atoms with E-state index in [0.29, 0.717) is 19.4 Å². The minimum Gasteiger partial charge on any atom is -0.465 e. The van der Waals surface area contributed by atoms with E-state index < -0.39 is 0 Å². The molecule has 5 heteroatoms. The number of carbonyl (C=O) groups excluding carboxylic acids is 1. The second kappa shape index (κ2) is 5.73. The maximum Gasteiger partial charge on any atom is 0.220 e. The predicted molar refractivity (Wildman–Crippen MR) is 71.7 cm³/mol. The van der Waals surface area contributed by atoms with Gasteiger partial charge in [-0.1, -0.05) is 0 Å². The molecule has 0 fully saturated rings. The monoisotopic (exact) mass is 261 g/mol. The Hall–Kier alpha value is -2.04. The quantitative estimate of drug-likeness (QED) is 0.866. The van der Waals surface area contributed by atoms with Gasteiger partial charge in [0.15, 0.2) is 0 Å². The molecule has 0 radical (unpaired) electrons. The molecular formula is C14H19N3O2. The lowest BCUT2D eigenvalue weighted by Gasteiger charge is -2.02. The smallest absolute Gasteiger partial charge is 0.220 e. The number of carbonyl (C=O) groups is 1. The van der Waals surface area contributed by atoms with E-state index in [0.717, 1.165) is 28.5 Å². The van der Waals surface area contributed by atoms with Gasteiger partial charge in [-0.2, -0.15) is 5.10 Å². The number of rotatable bonds is 5. The summed E-state index contributed by atoms with van der Waals surface area (Å²) in [5.41, 5.74) is 3.15. The number of amides is 1. The van der Waals surface area contributed by atoms with Crippen molar-refractivity contribution in [2.45, 2.75) is 40.2 Å². The fraction of sp³-hybridized carbons (Fsp3) is 0.429. The first-order valence-electron chi connectivity index (χ1n) is 6.38. The molecule has 0 aromatic carbocycles. The average Bonchev–Trinajstić information content (AvgIpc) is 2.93. The normalized spacial score (nSPS) is 10.7. The molecule has 5 nitrogen and oxygen atoms in total. The van der Waals surface area contributed by atoms with Gasteiger partial charge in [-0.15, -0.1) is 0 Å². The molecule has 0 unspecified atom stereocenters. The highest BCUT2D eigenvalue weighted by Crippen LogP contribution is 2.10. The SMILES string of the molecule is Cc1ccc(CNC(=O)CCc2n[nH]c(C)c2C)o1. The van der Waals surface area contributed by atoms with Crippen LogP contribution in [0.3, 0.4) is 0 Å². The Bertz CT molecular complexity index is 569. The molecule has 2 heterocycles. The van der Waals surface area contributed by atoms with E-state index in [1.807, 2.05) is 32.9 Å². The van der Waals surface area contributed by atoms with E-state index in [9.17, 15) is 4.79 Å². The van der Waals surface area contributed by atoms with E-state index in [-0.39, 0.29) is 5.91 Å². The lowest BCUT2D eigenvalue weighted by Crippen LogP contribution is -2.22. The molecule has 2 rings (SSSR count). The zero-order valence-corrected chi connectivity index (χ0v) is 11.5. The van der Waals surface area contributed by atoms with Crippen molar-refractivity contribution in [2.75, 3.05) is 0 Å². The third-order valence-corrected chi connectivity index (χ3v) is 3.20. The molecule has 0 bridgehead atoms. The highest BCUT2D eigenvalue weighted by Gasteiger charge is 2.09. The Morgan fingerprint density at radius 1 is 1.37 bits per heavy atom. The number of aromatic nitrogens is 2. The number of aryl methyl sites for hydroxylation is 3. The summed E-state index contributed by atoms with van der Waals surface area (Å²) in [7, 11) is 0. The predicted octanol–water partition coefficient (Wildman–Crippen LogP) is 2.18. The van der Waals surface area contributed by atoms with Crippen LogP contribution in [0, 0.1) is 20.8 Å². The summed E-state index contributed by atoms with van der Waals surface area (Å²) in [6, 6.07) is 3.76. The van der Waals surface area contributed by atoms with Crippen LogP contribution in [0.25, 0.3) is 0 Å². The van der Waals surface area contributed by atoms with Crippen LogP contribution in [-0.2, 0) is 17.8 Å². The van der Waals surface area contributed by atoms with Crippen molar-refractivity contribution in [3.8, 4) is 0 Å². The number of aromatic amines is 1. The first-order valence-corrected chi connectivity index (χ1v) is 6.38. The minimum absolute atomic E-state index is 0.00843. The summed E-state index contributed by atoms with van der Waals surface area (Å²) < 4.78 is 5.39. The molecule has 2 aromatic heterocycles. The molecule has 2 N–H and O–H groups in total. The number of hydrogen-bond acceptors (Lipinski definition) is 3. The van der Waals surface area contributed by atoms with Gasteiger partial charge in [0, 0.05) is 18.5 Å². The Kier molecular flexibility index (Phi) is 4.04. The zero-order chi connectivity index (χ0) is 13.8. The molecule has 0 atom stereocenters. The lowest BCUT2D eigenvalue weighted by molar-refractivity contribution is -0.121. The summed E-state index contributed by atoms with van der Waals surface area (Å²) in [5, 5.41) is 9.95. The van der Waals surface area contributed by atoms with E-state index >= 15 is 0 Å². The van der Waals surface area contributed by atoms with Gasteiger partial charge in [0.1, 0.15) is 11.5 Å². The number of hydrogen-bond donors (Lipinski definition) is 2. The van der Waals surface area contributed by atoms with Crippen LogP contribution in [0.5, 0.6) is 0 Å². The van der Waals surface area contributed by atoms with Gasteiger partial charge < -0.3 is 9.73 Å². The molecule has 0 aliphatic heterocycles. The molecular weight excluding hydrogens is 242 g/mol. The second-order valence-electron chi connectivity index (χ2n) is 4.71. The highest BCUT2D eigenvalue weighted by atomic mass is 16.3. The van der Waals surface area contributed by atoms with Gasteiger partial charge >= 0.3 is 0 Å². The molecule has 0 aliphatic carbocycles. The van der Waals surface area contributed by atoms with Gasteiger partial charge in [-0.25, -0.2) is 0 Å². The molecule has 102 valence electrons. The van der Waals surface area contributed by atoms with Crippen molar-refractivity contribution in [2.24, 2.45) is 0 Å². The standard InChI is InChI=1S/C14H19N3O2/c1-9-4-5-12(19-9)8-15-14(18)7-6-13-10(2)11(3)16-17-13/h4-5H,6-8H2,1-3H3,(H,15,18)(H,16,17). The van der Waals surface area contributed by atoms with E-state index in [1.54, 1.807) is 0 Å². The number of nitrogens with zero attached hydrogens (tertiary/aromatic N) is 1. The largest absolute Gasteiger partial charge is 0.465 e. The first-order chi connectivity index (χ1) is 9.06. The summed E-state index contributed by atoms with van der Waals surface area (Å²) >= 11 is 0. The first kappa shape index (κ1) is 13.4. The van der Waals surface area contributed by atoms with Crippen molar-refractivity contribution < 1.29 is 9.21 Å². The number of H-pyrrole nitrogens is 1. The van der Waals surface area contributed by atoms with Gasteiger partial charge in [-0.3, -0.25) is 9.89 Å². The van der Waals surface area contributed by atoms with Gasteiger partial charge in [0.2, 0.25) is 5.91 Å². The fourth-order valence-corrected chi connectivity index (χ4v) is 1.87. The Morgan fingerprint density at radius 2 is 2.16 bits per heavy atom. The Morgan fingerprint density at radius 3 is 2.74 bits per heavy atom. The average molecular weight is 261 g/mol. The molecule has 0 aliphatic rings. The summed E-state index contributed by atoms with van der Waals surface area (Å²) in [4.78, 5) is 11.7. The molecule has 0 saturated carbocycles. The van der Waals surface area contributed by atoms with Crippen LogP contribution in [0.2, 0.25) is 0 Å². The molecule has 1 amide bonds. The topological polar surface area (TPSA) is 70.9 Å². The molecule has 2 aromatic rings. The summed E-state index contributed by atoms with van der Waals surface area (Å²) in [6.45, 7) is 6.31. The van der Waals surface area contributed by atoms with Gasteiger partial charge in [-0.05, 0) is 38.5 Å². The van der Waals surface area contributed by atoms with E-state index in [2.05, 4.69) is 15.5 Å². The highest BCUT2D eigenvalue weighted by molar-refractivity contribution is 5.76. The van der Waals surface area contributed by atoms with Crippen LogP contribution in [-0.4, -0.2) is 16.1 Å². The van der Waals surface area contributed by atoms with Crippen molar-refractivity contribution >= 4 is 5.91 Å². The van der Waals surface area contributed by atoms with E-state index in [1.165, 1.54) is 0 Å². The van der Waals surface area contributed by atoms with Crippen molar-refractivity contribution in [3.05, 3.63) is 40.6 Å². The van der Waals surface area contributed by atoms with Crippen LogP contribution in [0.15, 0.2) is 16.5 Å². The van der Waals surface area contributed by atoms with Crippen LogP contribution in [0.1, 0.15) is 34.9 Å². The van der Waals surface area contributed by atoms with Crippen molar-refractivity contribution in [1.82, 2.24) is 15.5 Å². The lowest BCUT2D eigenvalue weighted by atomic mass is 10.1. The fourth-order valence-electron chi connectivity index (χ4n) is 1.87. The summed E-state index contributed by atoms with van der Waals surface area (Å²) in [5.74, 6) is 1.64. The maximum absolute atomic E-state index is 11.7. The Labute approximate surface area is 112 Å². The number of nitrogens with one attached hydrogen (secondary N) is 2. The number of furan rings is 1. The van der Waals surface area contributed by atoms with E-state index in [4.69, 9.17) is 4.42 Å². The maximum atomic E-state index is 11.7. The third-order valence-electron chi connectivity index (χ3n) is 3.20. The molecule has 0 spiro atoms. The third kappa shape index (κ3) is 3.47. The molecule has 19 heavy (non-hydrogen) atoms. The minimum atomic E-state index is 0.00843. The second-order valence-corrected chi connectivity index (χ2v) is 4.71. The molecule has 0 saturated heterocycles. The summed E-state index contributed by atoms with van der Waals surface area (Å²) in [6.07, 6.45) is 1.09. The van der Waals surface area contributed by atoms with Crippen molar-refractivity contribution in [1.29, 1.82) is 0 Å². The van der Waals surface area contributed by atoms with Crippen LogP contribution < -0.4 is 5.32 Å². The van der Waals surface area contributed by atoms with Gasteiger partial charge in [0.25, 0.3) is 0 Å². The van der Waals surface area contributed by atoms with Crippen molar-refractivity contribution in [3.63, 3.8) is 0 Å². The zero-order valence-electron chi connectivity index (χ0n) is 11.5. The Balaban J connectivity index is 1.77. The van der Waals surface area contributed by atoms with Crippen LogP contribution in [0.4, 0.5) is 0 Å². The van der Waals surface area contributed by atoms with Gasteiger partial charge in [0.05, 0.1) is 12.2 Å².